The molecule has 1 heterocycles. The monoisotopic (exact) mass is 289 g/mol. The van der Waals surface area contributed by atoms with Crippen molar-refractivity contribution in [3.63, 3.8) is 0 Å². The van der Waals surface area contributed by atoms with Gasteiger partial charge in [-0.15, -0.1) is 0 Å². The van der Waals surface area contributed by atoms with Crippen molar-refractivity contribution < 1.29 is 0 Å². The van der Waals surface area contributed by atoms with E-state index in [0.29, 0.717) is 12.1 Å². The molecule has 1 aliphatic heterocycles. The van der Waals surface area contributed by atoms with Gasteiger partial charge >= 0.3 is 0 Å². The van der Waals surface area contributed by atoms with E-state index >= 15 is 0 Å². The fourth-order valence-corrected chi connectivity index (χ4v) is 3.26. The highest BCUT2D eigenvalue weighted by molar-refractivity contribution is 5.25. The number of hydrogen-bond acceptors (Lipinski definition) is 3. The normalized spacial score (nSPS) is 23.2. The van der Waals surface area contributed by atoms with Gasteiger partial charge in [0.1, 0.15) is 0 Å². The lowest BCUT2D eigenvalue weighted by Crippen LogP contribution is -2.51. The van der Waals surface area contributed by atoms with Crippen molar-refractivity contribution in [3.05, 3.63) is 35.4 Å². The summed E-state index contributed by atoms with van der Waals surface area (Å²) in [6.07, 6.45) is 3.66. The van der Waals surface area contributed by atoms with Crippen LogP contribution in [0.1, 0.15) is 43.9 Å². The first kappa shape index (κ1) is 16.5. The first-order valence-electron chi connectivity index (χ1n) is 8.27. The lowest BCUT2D eigenvalue weighted by Gasteiger charge is -2.41. The Kier molecular flexibility index (Phi) is 5.80. The zero-order valence-corrected chi connectivity index (χ0v) is 14.0. The van der Waals surface area contributed by atoms with Crippen molar-refractivity contribution in [2.45, 2.75) is 51.2 Å². The molecule has 3 nitrogen and oxygen atoms in total. The molecule has 0 amide bonds. The number of nitrogens with zero attached hydrogens (tertiary/aromatic N) is 2. The van der Waals surface area contributed by atoms with Gasteiger partial charge in [0.05, 0.1) is 0 Å². The second-order valence-corrected chi connectivity index (χ2v) is 6.62. The average Bonchev–Trinajstić information content (AvgIpc) is 2.53. The number of aryl methyl sites for hydroxylation is 1. The predicted octanol–water partition coefficient (Wildman–Crippen LogP) is 2.66. The van der Waals surface area contributed by atoms with E-state index in [1.807, 2.05) is 0 Å². The second kappa shape index (κ2) is 7.39. The summed E-state index contributed by atoms with van der Waals surface area (Å²) in [6.45, 7) is 6.77. The molecular weight excluding hydrogens is 258 g/mol. The number of likely N-dealkylation sites (tertiary alicyclic amines) is 1. The van der Waals surface area contributed by atoms with Crippen LogP contribution in [0.3, 0.4) is 0 Å². The van der Waals surface area contributed by atoms with E-state index < -0.39 is 0 Å². The molecule has 0 aromatic heterocycles. The molecule has 0 bridgehead atoms. The highest BCUT2D eigenvalue weighted by atomic mass is 15.2. The third-order valence-electron chi connectivity index (χ3n) is 5.03. The average molecular weight is 289 g/mol. The zero-order chi connectivity index (χ0) is 15.4. The zero-order valence-electron chi connectivity index (χ0n) is 14.0. The predicted molar refractivity (Wildman–Crippen MR) is 90.5 cm³/mol. The molecule has 0 radical (unpaired) electrons. The van der Waals surface area contributed by atoms with Crippen molar-refractivity contribution in [1.29, 1.82) is 0 Å². The van der Waals surface area contributed by atoms with Gasteiger partial charge in [-0.25, -0.2) is 0 Å². The van der Waals surface area contributed by atoms with Gasteiger partial charge in [-0.05, 0) is 58.0 Å². The lowest BCUT2D eigenvalue weighted by molar-refractivity contribution is 0.0916. The first-order valence-corrected chi connectivity index (χ1v) is 8.27. The fourth-order valence-electron chi connectivity index (χ4n) is 3.26. The molecule has 118 valence electrons. The van der Waals surface area contributed by atoms with Crippen LogP contribution < -0.4 is 5.73 Å². The van der Waals surface area contributed by atoms with Crippen LogP contribution in [0, 0.1) is 0 Å². The molecule has 1 saturated heterocycles. The molecule has 1 fully saturated rings. The third kappa shape index (κ3) is 4.06. The molecule has 1 aromatic rings. The standard InChI is InChI=1S/C18H31N3/c1-5-15-8-10-16(11-9-15)18(19)14(2)21-12-6-7-17(13-21)20(3)4/h8-11,14,17-18H,5-7,12-13,19H2,1-4H3. The molecule has 0 saturated carbocycles. The first-order chi connectivity index (χ1) is 10.0. The maximum Gasteiger partial charge on any atom is 0.0450 e. The minimum Gasteiger partial charge on any atom is -0.323 e. The molecular formula is C18H31N3. The quantitative estimate of drug-likeness (QED) is 0.904. The van der Waals surface area contributed by atoms with E-state index in [2.05, 4.69) is 62.0 Å². The molecule has 21 heavy (non-hydrogen) atoms. The highest BCUT2D eigenvalue weighted by Crippen LogP contribution is 2.23. The molecule has 0 aliphatic carbocycles. The van der Waals surface area contributed by atoms with Gasteiger partial charge in [0, 0.05) is 24.7 Å². The van der Waals surface area contributed by atoms with E-state index in [1.54, 1.807) is 0 Å². The van der Waals surface area contributed by atoms with Crippen LogP contribution in [0.5, 0.6) is 0 Å². The summed E-state index contributed by atoms with van der Waals surface area (Å²) in [6, 6.07) is 9.97. The largest absolute Gasteiger partial charge is 0.323 e. The SMILES string of the molecule is CCc1ccc(C(N)C(C)N2CCCC(N(C)C)C2)cc1. The molecule has 0 spiro atoms. The third-order valence-corrected chi connectivity index (χ3v) is 5.03. The second-order valence-electron chi connectivity index (χ2n) is 6.62. The summed E-state index contributed by atoms with van der Waals surface area (Å²) in [7, 11) is 4.37. The van der Waals surface area contributed by atoms with Crippen LogP contribution in [0.4, 0.5) is 0 Å². The van der Waals surface area contributed by atoms with E-state index in [-0.39, 0.29) is 6.04 Å². The van der Waals surface area contributed by atoms with Crippen LogP contribution in [0.2, 0.25) is 0 Å². The van der Waals surface area contributed by atoms with Crippen LogP contribution in [-0.2, 0) is 6.42 Å². The summed E-state index contributed by atoms with van der Waals surface area (Å²) in [5.41, 5.74) is 9.16. The van der Waals surface area contributed by atoms with Crippen LogP contribution >= 0.6 is 0 Å². The van der Waals surface area contributed by atoms with E-state index in [0.717, 1.165) is 13.0 Å². The Bertz CT molecular complexity index is 427. The smallest absolute Gasteiger partial charge is 0.0450 e. The Morgan fingerprint density at radius 3 is 2.52 bits per heavy atom. The summed E-state index contributed by atoms with van der Waals surface area (Å²) < 4.78 is 0. The van der Waals surface area contributed by atoms with Crippen molar-refractivity contribution in [2.24, 2.45) is 5.73 Å². The Morgan fingerprint density at radius 2 is 1.95 bits per heavy atom. The van der Waals surface area contributed by atoms with Crippen molar-refractivity contribution in [3.8, 4) is 0 Å². The van der Waals surface area contributed by atoms with Gasteiger partial charge in [-0.3, -0.25) is 4.90 Å². The molecule has 3 heteroatoms. The van der Waals surface area contributed by atoms with Gasteiger partial charge < -0.3 is 10.6 Å². The fraction of sp³-hybridized carbons (Fsp3) is 0.667. The van der Waals surface area contributed by atoms with Gasteiger partial charge in [0.25, 0.3) is 0 Å². The number of piperidine rings is 1. The Hall–Kier alpha value is -0.900. The summed E-state index contributed by atoms with van der Waals surface area (Å²) >= 11 is 0. The number of benzene rings is 1. The Balaban J connectivity index is 2.02. The number of rotatable bonds is 5. The van der Waals surface area contributed by atoms with Crippen LogP contribution in [0.25, 0.3) is 0 Å². The maximum absolute atomic E-state index is 6.53. The number of nitrogens with two attached hydrogens (primary N) is 1. The molecule has 3 atom stereocenters. The van der Waals surface area contributed by atoms with Gasteiger partial charge in [0.2, 0.25) is 0 Å². The molecule has 1 aliphatic rings. The molecule has 2 N–H and O–H groups in total. The minimum atomic E-state index is 0.0943. The van der Waals surface area contributed by atoms with Gasteiger partial charge in [-0.2, -0.15) is 0 Å². The molecule has 2 rings (SSSR count). The van der Waals surface area contributed by atoms with Crippen LogP contribution in [-0.4, -0.2) is 49.1 Å². The summed E-state index contributed by atoms with van der Waals surface area (Å²) in [5, 5.41) is 0. The Labute approximate surface area is 130 Å². The highest BCUT2D eigenvalue weighted by Gasteiger charge is 2.28. The van der Waals surface area contributed by atoms with E-state index in [1.165, 1.54) is 30.5 Å². The number of hydrogen-bond donors (Lipinski definition) is 1. The van der Waals surface area contributed by atoms with Crippen LogP contribution in [0.15, 0.2) is 24.3 Å². The van der Waals surface area contributed by atoms with Crippen molar-refractivity contribution in [2.75, 3.05) is 27.2 Å². The Morgan fingerprint density at radius 1 is 1.29 bits per heavy atom. The van der Waals surface area contributed by atoms with Gasteiger partial charge in [-0.1, -0.05) is 31.2 Å². The summed E-state index contributed by atoms with van der Waals surface area (Å²) in [5.74, 6) is 0. The maximum atomic E-state index is 6.53. The minimum absolute atomic E-state index is 0.0943. The van der Waals surface area contributed by atoms with Crippen molar-refractivity contribution >= 4 is 0 Å². The summed E-state index contributed by atoms with van der Waals surface area (Å²) in [4.78, 5) is 4.91. The van der Waals surface area contributed by atoms with E-state index in [9.17, 15) is 0 Å². The lowest BCUT2D eigenvalue weighted by atomic mass is 9.95. The topological polar surface area (TPSA) is 32.5 Å². The van der Waals surface area contributed by atoms with Crippen molar-refractivity contribution in [1.82, 2.24) is 9.80 Å². The van der Waals surface area contributed by atoms with Gasteiger partial charge in [0.15, 0.2) is 0 Å². The molecule has 3 unspecified atom stereocenters. The van der Waals surface area contributed by atoms with E-state index in [4.69, 9.17) is 5.73 Å². The molecule has 1 aromatic carbocycles. The number of likely N-dealkylation sites (N-methyl/N-ethyl adjacent to an activating group) is 1.